The Kier molecular flexibility index (Phi) is 4.35. The normalized spacial score (nSPS) is 22.3. The van der Waals surface area contributed by atoms with Gasteiger partial charge in [0.05, 0.1) is 13.7 Å². The molecule has 0 aromatic carbocycles. The number of nitrogens with zero attached hydrogens (tertiary/aromatic N) is 2. The Bertz CT molecular complexity index is 423. The summed E-state index contributed by atoms with van der Waals surface area (Å²) in [6, 6.07) is 0. The zero-order valence-corrected chi connectivity index (χ0v) is 11.1. The second kappa shape index (κ2) is 6.00. The van der Waals surface area contributed by atoms with Gasteiger partial charge in [-0.3, -0.25) is 0 Å². The lowest BCUT2D eigenvalue weighted by molar-refractivity contribution is -0.00628. The molecule has 2 heterocycles. The van der Waals surface area contributed by atoms with Crippen LogP contribution in [-0.4, -0.2) is 49.5 Å². The number of rotatable bonds is 6. The molecule has 8 nitrogen and oxygen atoms in total. The molecule has 1 aromatic heterocycles. The third-order valence-corrected chi connectivity index (χ3v) is 3.22. The van der Waals surface area contributed by atoms with E-state index in [0.29, 0.717) is 37.1 Å². The van der Waals surface area contributed by atoms with Crippen molar-refractivity contribution in [1.82, 2.24) is 9.97 Å². The van der Waals surface area contributed by atoms with E-state index >= 15 is 0 Å². The highest BCUT2D eigenvalue weighted by Crippen LogP contribution is 2.30. The van der Waals surface area contributed by atoms with Crippen molar-refractivity contribution in [2.24, 2.45) is 5.84 Å². The van der Waals surface area contributed by atoms with Crippen molar-refractivity contribution < 1.29 is 14.2 Å². The van der Waals surface area contributed by atoms with E-state index in [1.807, 2.05) is 0 Å². The molecule has 1 atom stereocenters. The van der Waals surface area contributed by atoms with Gasteiger partial charge in [0.25, 0.3) is 0 Å². The Morgan fingerprint density at radius 2 is 2.21 bits per heavy atom. The molecule has 1 saturated heterocycles. The van der Waals surface area contributed by atoms with Crippen LogP contribution in [0.4, 0.5) is 11.6 Å². The number of ether oxygens (including phenoxy) is 3. The summed E-state index contributed by atoms with van der Waals surface area (Å²) >= 11 is 0. The smallest absolute Gasteiger partial charge is 0.205 e. The fourth-order valence-corrected chi connectivity index (χ4v) is 2.00. The minimum absolute atomic E-state index is 0.327. The van der Waals surface area contributed by atoms with Crippen LogP contribution in [0.2, 0.25) is 0 Å². The third kappa shape index (κ3) is 2.86. The number of hydrogen-bond acceptors (Lipinski definition) is 8. The van der Waals surface area contributed by atoms with Crippen molar-refractivity contribution in [3.8, 4) is 5.75 Å². The van der Waals surface area contributed by atoms with Crippen molar-refractivity contribution in [2.75, 3.05) is 44.7 Å². The van der Waals surface area contributed by atoms with E-state index in [-0.39, 0.29) is 5.60 Å². The molecule has 106 valence electrons. The Labute approximate surface area is 111 Å². The summed E-state index contributed by atoms with van der Waals surface area (Å²) in [5.74, 6) is 6.83. The number of hydrogen-bond donors (Lipinski definition) is 3. The van der Waals surface area contributed by atoms with Crippen molar-refractivity contribution in [2.45, 2.75) is 12.0 Å². The van der Waals surface area contributed by atoms with Gasteiger partial charge in [-0.1, -0.05) is 0 Å². The van der Waals surface area contributed by atoms with Crippen molar-refractivity contribution in [1.29, 1.82) is 0 Å². The van der Waals surface area contributed by atoms with Crippen LogP contribution in [0.1, 0.15) is 6.42 Å². The van der Waals surface area contributed by atoms with E-state index < -0.39 is 0 Å². The molecule has 0 radical (unpaired) electrons. The van der Waals surface area contributed by atoms with E-state index in [0.717, 1.165) is 6.42 Å². The summed E-state index contributed by atoms with van der Waals surface area (Å²) in [5.41, 5.74) is 2.14. The molecule has 19 heavy (non-hydrogen) atoms. The SMILES string of the molecule is COc1c(NN)ncnc1NCC1(OC)CCOC1. The summed E-state index contributed by atoms with van der Waals surface area (Å²) in [7, 11) is 3.22. The average Bonchev–Trinajstić information content (AvgIpc) is 2.94. The van der Waals surface area contributed by atoms with Crippen molar-refractivity contribution >= 4 is 11.6 Å². The van der Waals surface area contributed by atoms with Crippen molar-refractivity contribution in [3.05, 3.63) is 6.33 Å². The highest BCUT2D eigenvalue weighted by molar-refractivity contribution is 5.63. The molecule has 1 aliphatic rings. The molecule has 0 bridgehead atoms. The number of anilines is 2. The van der Waals surface area contributed by atoms with Gasteiger partial charge in [0, 0.05) is 26.7 Å². The van der Waals surface area contributed by atoms with Gasteiger partial charge in [-0.25, -0.2) is 15.8 Å². The first kappa shape index (κ1) is 13.8. The number of aromatic nitrogens is 2. The first-order valence-corrected chi connectivity index (χ1v) is 5.97. The van der Waals surface area contributed by atoms with E-state index in [2.05, 4.69) is 20.7 Å². The van der Waals surface area contributed by atoms with Crippen molar-refractivity contribution in [3.63, 3.8) is 0 Å². The second-order valence-electron chi connectivity index (χ2n) is 4.29. The molecule has 4 N–H and O–H groups in total. The molecule has 1 unspecified atom stereocenters. The van der Waals surface area contributed by atoms with Crippen LogP contribution in [0.5, 0.6) is 5.75 Å². The van der Waals surface area contributed by atoms with Crippen LogP contribution in [0.15, 0.2) is 6.33 Å². The Morgan fingerprint density at radius 3 is 2.79 bits per heavy atom. The second-order valence-corrected chi connectivity index (χ2v) is 4.29. The summed E-state index contributed by atoms with van der Waals surface area (Å²) in [5, 5.41) is 3.20. The lowest BCUT2D eigenvalue weighted by Crippen LogP contribution is -2.39. The van der Waals surface area contributed by atoms with Crippen LogP contribution in [0.25, 0.3) is 0 Å². The maximum Gasteiger partial charge on any atom is 0.205 e. The third-order valence-electron chi connectivity index (χ3n) is 3.22. The molecule has 1 aliphatic heterocycles. The Morgan fingerprint density at radius 1 is 1.42 bits per heavy atom. The molecule has 1 fully saturated rings. The monoisotopic (exact) mass is 269 g/mol. The molecule has 0 saturated carbocycles. The van der Waals surface area contributed by atoms with Gasteiger partial charge in [-0.05, 0) is 0 Å². The lowest BCUT2D eigenvalue weighted by Gasteiger charge is -2.26. The van der Waals surface area contributed by atoms with Gasteiger partial charge < -0.3 is 25.0 Å². The molecular formula is C11H19N5O3. The van der Waals surface area contributed by atoms with Gasteiger partial charge >= 0.3 is 0 Å². The fraction of sp³-hybridized carbons (Fsp3) is 0.636. The first-order chi connectivity index (χ1) is 9.24. The van der Waals surface area contributed by atoms with Crippen LogP contribution < -0.4 is 21.3 Å². The minimum atomic E-state index is -0.327. The maximum absolute atomic E-state index is 5.54. The molecular weight excluding hydrogens is 250 g/mol. The molecule has 1 aromatic rings. The number of hydrazine groups is 1. The summed E-state index contributed by atoms with van der Waals surface area (Å²) in [6.07, 6.45) is 2.25. The molecule has 8 heteroatoms. The van der Waals surface area contributed by atoms with Gasteiger partial charge in [-0.2, -0.15) is 0 Å². The van der Waals surface area contributed by atoms with Crippen LogP contribution in [-0.2, 0) is 9.47 Å². The van der Waals surface area contributed by atoms with Crippen LogP contribution in [0.3, 0.4) is 0 Å². The van der Waals surface area contributed by atoms with Gasteiger partial charge in [0.2, 0.25) is 5.75 Å². The standard InChI is InChI=1S/C11H19N5O3/c1-17-8-9(14-7-15-10(8)16-12)13-5-11(18-2)3-4-19-6-11/h7H,3-6,12H2,1-2H3,(H2,13,14,15,16). The van der Waals surface area contributed by atoms with E-state index in [1.165, 1.54) is 13.4 Å². The van der Waals surface area contributed by atoms with E-state index in [1.54, 1.807) is 7.11 Å². The highest BCUT2D eigenvalue weighted by Gasteiger charge is 2.35. The zero-order valence-electron chi connectivity index (χ0n) is 11.1. The van der Waals surface area contributed by atoms with Crippen LogP contribution >= 0.6 is 0 Å². The van der Waals surface area contributed by atoms with E-state index in [4.69, 9.17) is 20.1 Å². The van der Waals surface area contributed by atoms with Gasteiger partial charge in [0.1, 0.15) is 11.9 Å². The number of methoxy groups -OCH3 is 2. The predicted octanol–water partition coefficient (Wildman–Crippen LogP) is -0.0118. The molecule has 0 aliphatic carbocycles. The zero-order chi connectivity index (χ0) is 13.7. The summed E-state index contributed by atoms with van der Waals surface area (Å²) in [4.78, 5) is 8.12. The summed E-state index contributed by atoms with van der Waals surface area (Å²) in [6.45, 7) is 1.83. The molecule has 2 rings (SSSR count). The minimum Gasteiger partial charge on any atom is -0.490 e. The number of nitrogens with two attached hydrogens (primary N) is 1. The quantitative estimate of drug-likeness (QED) is 0.489. The lowest BCUT2D eigenvalue weighted by atomic mass is 10.0. The first-order valence-electron chi connectivity index (χ1n) is 5.97. The maximum atomic E-state index is 5.54. The Balaban J connectivity index is 2.10. The highest BCUT2D eigenvalue weighted by atomic mass is 16.5. The van der Waals surface area contributed by atoms with E-state index in [9.17, 15) is 0 Å². The molecule has 0 amide bonds. The summed E-state index contributed by atoms with van der Waals surface area (Å²) < 4.78 is 16.2. The van der Waals surface area contributed by atoms with Gasteiger partial charge in [0.15, 0.2) is 11.6 Å². The van der Waals surface area contributed by atoms with Crippen LogP contribution in [0, 0.1) is 0 Å². The largest absolute Gasteiger partial charge is 0.490 e. The molecule has 0 spiro atoms. The Hall–Kier alpha value is -1.64. The number of nitrogen functional groups attached to an aromatic ring is 1. The number of nitrogens with one attached hydrogen (secondary N) is 2. The predicted molar refractivity (Wildman–Crippen MR) is 70.1 cm³/mol. The average molecular weight is 269 g/mol. The fourth-order valence-electron chi connectivity index (χ4n) is 2.00. The topological polar surface area (TPSA) is 104 Å². The van der Waals surface area contributed by atoms with Gasteiger partial charge in [-0.15, -0.1) is 0 Å².